The van der Waals surface area contributed by atoms with Crippen LogP contribution in [0.5, 0.6) is 23.1 Å². The standard InChI is InChI=1S/C19H20N4O3/c1-3-25-15-6-4-13(5-7-15)23-18-17(20)19(22-12-21-18)26-16-10-8-14(24-2)9-11-16/h4-12H,3,20H2,1-2H3,(H,21,22,23). The third-order valence-electron chi connectivity index (χ3n) is 3.55. The molecule has 0 fully saturated rings. The van der Waals surface area contributed by atoms with Crippen LogP contribution in [0.3, 0.4) is 0 Å². The van der Waals surface area contributed by atoms with Gasteiger partial charge in [0.15, 0.2) is 5.82 Å². The van der Waals surface area contributed by atoms with Gasteiger partial charge in [0.05, 0.1) is 13.7 Å². The quantitative estimate of drug-likeness (QED) is 0.664. The number of anilines is 3. The van der Waals surface area contributed by atoms with Gasteiger partial charge in [0, 0.05) is 5.69 Å². The summed E-state index contributed by atoms with van der Waals surface area (Å²) in [5.41, 5.74) is 7.30. The number of methoxy groups -OCH3 is 1. The lowest BCUT2D eigenvalue weighted by Crippen LogP contribution is -2.03. The number of aromatic nitrogens is 2. The topological polar surface area (TPSA) is 91.5 Å². The maximum Gasteiger partial charge on any atom is 0.248 e. The van der Waals surface area contributed by atoms with Crippen molar-refractivity contribution >= 4 is 17.2 Å². The fraction of sp³-hybridized carbons (Fsp3) is 0.158. The monoisotopic (exact) mass is 352 g/mol. The Labute approximate surface area is 151 Å². The third kappa shape index (κ3) is 4.13. The number of hydrogen-bond acceptors (Lipinski definition) is 7. The molecule has 3 rings (SSSR count). The van der Waals surface area contributed by atoms with E-state index in [1.807, 2.05) is 31.2 Å². The van der Waals surface area contributed by atoms with Crippen molar-refractivity contribution in [2.24, 2.45) is 0 Å². The van der Waals surface area contributed by atoms with Crippen LogP contribution in [-0.4, -0.2) is 23.7 Å². The third-order valence-corrected chi connectivity index (χ3v) is 3.55. The van der Waals surface area contributed by atoms with E-state index in [2.05, 4.69) is 15.3 Å². The molecule has 0 amide bonds. The second-order valence-corrected chi connectivity index (χ2v) is 5.30. The number of nitrogen functional groups attached to an aromatic ring is 1. The summed E-state index contributed by atoms with van der Waals surface area (Å²) >= 11 is 0. The normalized spacial score (nSPS) is 10.2. The van der Waals surface area contributed by atoms with Crippen molar-refractivity contribution in [1.82, 2.24) is 9.97 Å². The molecule has 3 aromatic rings. The second kappa shape index (κ2) is 8.06. The van der Waals surface area contributed by atoms with Crippen molar-refractivity contribution in [2.45, 2.75) is 6.92 Å². The Morgan fingerprint density at radius 2 is 1.58 bits per heavy atom. The summed E-state index contributed by atoms with van der Waals surface area (Å²) in [5, 5.41) is 3.15. The number of nitrogens with one attached hydrogen (secondary N) is 1. The van der Waals surface area contributed by atoms with Crippen LogP contribution in [0.25, 0.3) is 0 Å². The minimum Gasteiger partial charge on any atom is -0.497 e. The lowest BCUT2D eigenvalue weighted by Gasteiger charge is -2.12. The first-order valence-corrected chi connectivity index (χ1v) is 8.12. The van der Waals surface area contributed by atoms with E-state index in [9.17, 15) is 0 Å². The molecule has 0 saturated carbocycles. The molecule has 0 aliphatic carbocycles. The van der Waals surface area contributed by atoms with Crippen LogP contribution in [-0.2, 0) is 0 Å². The van der Waals surface area contributed by atoms with Gasteiger partial charge in [-0.2, -0.15) is 4.98 Å². The Hall–Kier alpha value is -3.48. The van der Waals surface area contributed by atoms with E-state index in [1.54, 1.807) is 31.4 Å². The van der Waals surface area contributed by atoms with E-state index in [-0.39, 0.29) is 5.88 Å². The molecule has 1 heterocycles. The van der Waals surface area contributed by atoms with Crippen LogP contribution in [0, 0.1) is 0 Å². The van der Waals surface area contributed by atoms with Crippen LogP contribution in [0.15, 0.2) is 54.9 Å². The van der Waals surface area contributed by atoms with Crippen LogP contribution < -0.4 is 25.3 Å². The molecule has 26 heavy (non-hydrogen) atoms. The zero-order valence-electron chi connectivity index (χ0n) is 14.6. The molecule has 0 radical (unpaired) electrons. The second-order valence-electron chi connectivity index (χ2n) is 5.30. The SMILES string of the molecule is CCOc1ccc(Nc2ncnc(Oc3ccc(OC)cc3)c2N)cc1. The van der Waals surface area contributed by atoms with E-state index in [4.69, 9.17) is 19.9 Å². The van der Waals surface area contributed by atoms with Gasteiger partial charge in [-0.3, -0.25) is 0 Å². The average molecular weight is 352 g/mol. The summed E-state index contributed by atoms with van der Waals surface area (Å²) in [5.74, 6) is 2.89. The average Bonchev–Trinajstić information content (AvgIpc) is 2.67. The van der Waals surface area contributed by atoms with Crippen molar-refractivity contribution in [2.75, 3.05) is 24.8 Å². The number of rotatable bonds is 7. The number of nitrogens with two attached hydrogens (primary N) is 1. The maximum absolute atomic E-state index is 6.15. The fourth-order valence-electron chi connectivity index (χ4n) is 2.25. The van der Waals surface area contributed by atoms with Gasteiger partial charge in [0.25, 0.3) is 0 Å². The Morgan fingerprint density at radius 1 is 0.923 bits per heavy atom. The predicted molar refractivity (Wildman–Crippen MR) is 100 cm³/mol. The van der Waals surface area contributed by atoms with Crippen LogP contribution in [0.4, 0.5) is 17.2 Å². The Morgan fingerprint density at radius 3 is 2.23 bits per heavy atom. The van der Waals surface area contributed by atoms with Gasteiger partial charge >= 0.3 is 0 Å². The fourth-order valence-corrected chi connectivity index (χ4v) is 2.25. The molecule has 0 saturated heterocycles. The van der Waals surface area contributed by atoms with Gasteiger partial charge in [-0.15, -0.1) is 0 Å². The van der Waals surface area contributed by atoms with E-state index >= 15 is 0 Å². The smallest absolute Gasteiger partial charge is 0.248 e. The summed E-state index contributed by atoms with van der Waals surface area (Å²) in [6.07, 6.45) is 1.39. The van der Waals surface area contributed by atoms with E-state index < -0.39 is 0 Å². The number of ether oxygens (including phenoxy) is 3. The summed E-state index contributed by atoms with van der Waals surface area (Å²) in [6.45, 7) is 2.57. The van der Waals surface area contributed by atoms with E-state index in [0.29, 0.717) is 23.9 Å². The molecule has 0 bridgehead atoms. The van der Waals surface area contributed by atoms with Crippen molar-refractivity contribution in [3.63, 3.8) is 0 Å². The highest BCUT2D eigenvalue weighted by Crippen LogP contribution is 2.31. The number of benzene rings is 2. The first kappa shape index (κ1) is 17.3. The molecule has 0 unspecified atom stereocenters. The van der Waals surface area contributed by atoms with Crippen molar-refractivity contribution < 1.29 is 14.2 Å². The molecule has 2 aromatic carbocycles. The molecule has 1 aromatic heterocycles. The molecule has 0 aliphatic heterocycles. The molecule has 0 spiro atoms. The Balaban J connectivity index is 1.75. The van der Waals surface area contributed by atoms with Gasteiger partial charge in [-0.25, -0.2) is 4.98 Å². The van der Waals surface area contributed by atoms with Crippen LogP contribution in [0.1, 0.15) is 6.92 Å². The molecular formula is C19H20N4O3. The highest BCUT2D eigenvalue weighted by atomic mass is 16.5. The summed E-state index contributed by atoms with van der Waals surface area (Å²) in [6, 6.07) is 14.7. The Bertz CT molecular complexity index is 852. The van der Waals surface area contributed by atoms with Gasteiger partial charge < -0.3 is 25.3 Å². The van der Waals surface area contributed by atoms with Crippen LogP contribution in [0.2, 0.25) is 0 Å². The Kier molecular flexibility index (Phi) is 5.38. The molecule has 7 nitrogen and oxygen atoms in total. The zero-order chi connectivity index (χ0) is 18.4. The molecule has 134 valence electrons. The van der Waals surface area contributed by atoms with Gasteiger partial charge in [-0.1, -0.05) is 0 Å². The molecule has 0 aliphatic rings. The first-order valence-electron chi connectivity index (χ1n) is 8.12. The van der Waals surface area contributed by atoms with Crippen molar-refractivity contribution in [3.8, 4) is 23.1 Å². The van der Waals surface area contributed by atoms with E-state index in [0.717, 1.165) is 17.2 Å². The van der Waals surface area contributed by atoms with Gasteiger partial charge in [0.2, 0.25) is 5.88 Å². The number of nitrogens with zero attached hydrogens (tertiary/aromatic N) is 2. The predicted octanol–water partition coefficient (Wildman–Crippen LogP) is 4.00. The lowest BCUT2D eigenvalue weighted by molar-refractivity contribution is 0.340. The highest BCUT2D eigenvalue weighted by molar-refractivity contribution is 5.72. The van der Waals surface area contributed by atoms with E-state index in [1.165, 1.54) is 6.33 Å². The molecule has 3 N–H and O–H groups in total. The van der Waals surface area contributed by atoms with Gasteiger partial charge in [-0.05, 0) is 55.5 Å². The van der Waals surface area contributed by atoms with Crippen molar-refractivity contribution in [1.29, 1.82) is 0 Å². The van der Waals surface area contributed by atoms with Gasteiger partial charge in [0.1, 0.15) is 29.3 Å². The summed E-state index contributed by atoms with van der Waals surface area (Å²) in [7, 11) is 1.61. The molecular weight excluding hydrogens is 332 g/mol. The molecule has 7 heteroatoms. The highest BCUT2D eigenvalue weighted by Gasteiger charge is 2.11. The lowest BCUT2D eigenvalue weighted by atomic mass is 10.3. The minimum absolute atomic E-state index is 0.276. The first-order chi connectivity index (χ1) is 12.7. The number of hydrogen-bond donors (Lipinski definition) is 2. The minimum atomic E-state index is 0.276. The maximum atomic E-state index is 6.15. The molecule has 0 atom stereocenters. The largest absolute Gasteiger partial charge is 0.497 e. The summed E-state index contributed by atoms with van der Waals surface area (Å²) in [4.78, 5) is 8.29. The summed E-state index contributed by atoms with van der Waals surface area (Å²) < 4.78 is 16.3. The van der Waals surface area contributed by atoms with Crippen LogP contribution >= 0.6 is 0 Å². The zero-order valence-corrected chi connectivity index (χ0v) is 14.6. The van der Waals surface area contributed by atoms with Crippen molar-refractivity contribution in [3.05, 3.63) is 54.9 Å².